The molecule has 0 bridgehead atoms. The third kappa shape index (κ3) is 1.94. The predicted octanol–water partition coefficient (Wildman–Crippen LogP) is 0.750. The number of rotatable bonds is 3. The first-order valence-electron chi connectivity index (χ1n) is 7.70. The molecule has 2 atom stereocenters. The molecule has 0 radical (unpaired) electrons. The molecule has 4 rings (SSSR count). The van der Waals surface area contributed by atoms with Crippen LogP contribution in [0.4, 0.5) is 0 Å². The number of hydrogen-bond acceptors (Lipinski definition) is 6. The van der Waals surface area contributed by atoms with E-state index in [2.05, 4.69) is 15.5 Å². The molecular weight excluding hydrogens is 308 g/mol. The van der Waals surface area contributed by atoms with Gasteiger partial charge in [-0.2, -0.15) is 5.10 Å². The lowest BCUT2D eigenvalue weighted by atomic mass is 9.94. The summed E-state index contributed by atoms with van der Waals surface area (Å²) in [5, 5.41) is 4.87. The first-order valence-corrected chi connectivity index (χ1v) is 7.70. The van der Waals surface area contributed by atoms with E-state index in [0.717, 1.165) is 10.3 Å². The van der Waals surface area contributed by atoms with Crippen molar-refractivity contribution in [1.29, 1.82) is 0 Å². The first kappa shape index (κ1) is 14.5. The zero-order valence-corrected chi connectivity index (χ0v) is 12.9. The molecular formula is C17H14N4O3. The number of carbonyl (C=O) groups excluding carboxylic acids is 3. The van der Waals surface area contributed by atoms with Crippen molar-refractivity contribution in [1.82, 2.24) is 15.3 Å². The van der Waals surface area contributed by atoms with E-state index in [0.29, 0.717) is 5.52 Å². The number of nitrogens with zero attached hydrogens (tertiary/aromatic N) is 3. The van der Waals surface area contributed by atoms with E-state index in [1.165, 1.54) is 0 Å². The minimum absolute atomic E-state index is 0.0529. The number of pyridine rings is 1. The minimum Gasteiger partial charge on any atom is -0.296 e. The van der Waals surface area contributed by atoms with Crippen molar-refractivity contribution in [3.63, 3.8) is 0 Å². The third-order valence-electron chi connectivity index (χ3n) is 4.40. The second kappa shape index (κ2) is 5.23. The van der Waals surface area contributed by atoms with E-state index >= 15 is 0 Å². The molecule has 1 aromatic carbocycles. The number of hydrogen-bond donors (Lipinski definition) is 1. The summed E-state index contributed by atoms with van der Waals surface area (Å²) in [7, 11) is 0. The van der Waals surface area contributed by atoms with Gasteiger partial charge in [-0.3, -0.25) is 24.7 Å². The number of likely N-dealkylation sites (N-methyl/N-ethyl adjacent to an activating group) is 1. The van der Waals surface area contributed by atoms with Crippen molar-refractivity contribution in [2.24, 2.45) is 11.0 Å². The van der Waals surface area contributed by atoms with Crippen LogP contribution in [-0.4, -0.2) is 45.8 Å². The van der Waals surface area contributed by atoms with Gasteiger partial charge in [0.1, 0.15) is 23.4 Å². The molecule has 0 saturated carbocycles. The van der Waals surface area contributed by atoms with Crippen LogP contribution in [0.25, 0.3) is 10.9 Å². The summed E-state index contributed by atoms with van der Waals surface area (Å²) in [6.45, 7) is 2.00. The van der Waals surface area contributed by atoms with E-state index in [-0.39, 0.29) is 29.8 Å². The van der Waals surface area contributed by atoms with Crippen LogP contribution in [0, 0.1) is 5.92 Å². The molecule has 1 N–H and O–H groups in total. The second-order valence-electron chi connectivity index (χ2n) is 5.72. The fraction of sp³-hybridized carbons (Fsp3) is 0.235. The van der Waals surface area contributed by atoms with Crippen LogP contribution in [0.2, 0.25) is 0 Å². The van der Waals surface area contributed by atoms with Gasteiger partial charge in [-0.1, -0.05) is 24.3 Å². The summed E-state index contributed by atoms with van der Waals surface area (Å²) < 4.78 is 0. The minimum atomic E-state index is -0.863. The van der Waals surface area contributed by atoms with Crippen molar-refractivity contribution in [3.05, 3.63) is 42.1 Å². The zero-order chi connectivity index (χ0) is 16.8. The monoisotopic (exact) mass is 322 g/mol. The molecule has 1 fully saturated rings. The van der Waals surface area contributed by atoms with Gasteiger partial charge in [0.25, 0.3) is 5.91 Å². The van der Waals surface area contributed by atoms with Gasteiger partial charge in [-0.25, -0.2) is 4.98 Å². The predicted molar refractivity (Wildman–Crippen MR) is 86.3 cm³/mol. The second-order valence-corrected chi connectivity index (χ2v) is 5.72. The molecule has 3 heterocycles. The summed E-state index contributed by atoms with van der Waals surface area (Å²) >= 11 is 0. The molecule has 0 aliphatic carbocycles. The topological polar surface area (TPSA) is 91.7 Å². The highest BCUT2D eigenvalue weighted by Gasteiger charge is 2.54. The molecule has 2 amide bonds. The Balaban J connectivity index is 1.69. The van der Waals surface area contributed by atoms with Gasteiger partial charge in [0.15, 0.2) is 0 Å². The Bertz CT molecular complexity index is 921. The van der Waals surface area contributed by atoms with Gasteiger partial charge < -0.3 is 0 Å². The summed E-state index contributed by atoms with van der Waals surface area (Å²) in [5.41, 5.74) is 3.58. The molecule has 1 saturated heterocycles. The number of Topliss-reactive ketones (excluding diaryl/α,β-unsaturated/α-hetero) is 1. The molecule has 7 nitrogen and oxygen atoms in total. The van der Waals surface area contributed by atoms with E-state index in [9.17, 15) is 14.4 Å². The van der Waals surface area contributed by atoms with Gasteiger partial charge in [0, 0.05) is 11.9 Å². The third-order valence-corrected chi connectivity index (χ3v) is 4.40. The molecule has 24 heavy (non-hydrogen) atoms. The number of imide groups is 1. The van der Waals surface area contributed by atoms with E-state index < -0.39 is 17.7 Å². The lowest BCUT2D eigenvalue weighted by molar-refractivity contribution is -0.139. The van der Waals surface area contributed by atoms with Crippen LogP contribution >= 0.6 is 0 Å². The lowest BCUT2D eigenvalue weighted by Gasteiger charge is -2.12. The number of hydrazone groups is 1. The number of likely N-dealkylation sites (tertiary alicyclic amines) is 1. The van der Waals surface area contributed by atoms with E-state index in [1.54, 1.807) is 19.1 Å². The Morgan fingerprint density at radius 3 is 2.75 bits per heavy atom. The smallest absolute Gasteiger partial charge is 0.254 e. The van der Waals surface area contributed by atoms with Crippen molar-refractivity contribution in [2.45, 2.75) is 13.0 Å². The van der Waals surface area contributed by atoms with Crippen molar-refractivity contribution in [2.75, 3.05) is 6.54 Å². The number of benzene rings is 1. The van der Waals surface area contributed by atoms with Crippen LogP contribution in [-0.2, 0) is 9.59 Å². The lowest BCUT2D eigenvalue weighted by Crippen LogP contribution is -2.36. The largest absolute Gasteiger partial charge is 0.296 e. The van der Waals surface area contributed by atoms with E-state index in [4.69, 9.17) is 0 Å². The van der Waals surface area contributed by atoms with Crippen molar-refractivity contribution < 1.29 is 14.4 Å². The standard InChI is InChI=1S/C17H14N4O3/c1-2-21-16(23)12-13(19-20-14(12)17(21)24)15(22)11-8-7-9-5-3-4-6-10(9)18-11/h3-8,12,14,20H,2H2,1H3. The Labute approximate surface area is 137 Å². The quantitative estimate of drug-likeness (QED) is 0.665. The summed E-state index contributed by atoms with van der Waals surface area (Å²) in [4.78, 5) is 42.8. The van der Waals surface area contributed by atoms with Gasteiger partial charge in [-0.05, 0) is 19.1 Å². The average molecular weight is 322 g/mol. The van der Waals surface area contributed by atoms with Crippen LogP contribution in [0.5, 0.6) is 0 Å². The van der Waals surface area contributed by atoms with Crippen LogP contribution < -0.4 is 5.43 Å². The average Bonchev–Trinajstić information content (AvgIpc) is 3.14. The molecule has 1 aromatic heterocycles. The number of fused-ring (bicyclic) bond motifs is 2. The highest BCUT2D eigenvalue weighted by molar-refractivity contribution is 6.51. The summed E-state index contributed by atoms with van der Waals surface area (Å²) in [6.07, 6.45) is 0. The van der Waals surface area contributed by atoms with Gasteiger partial charge >= 0.3 is 0 Å². The molecule has 2 unspecified atom stereocenters. The fourth-order valence-corrected chi connectivity index (χ4v) is 3.17. The number of aromatic nitrogens is 1. The SMILES string of the molecule is CCN1C(=O)C2NN=C(C(=O)c3ccc4ccccc4n3)C2C1=O. The molecule has 7 heteroatoms. The Kier molecular flexibility index (Phi) is 3.16. The number of ketones is 1. The van der Waals surface area contributed by atoms with Crippen LogP contribution in [0.1, 0.15) is 17.4 Å². The van der Waals surface area contributed by atoms with Crippen LogP contribution in [0.15, 0.2) is 41.5 Å². The normalized spacial score (nSPS) is 22.5. The molecule has 0 spiro atoms. The maximum Gasteiger partial charge on any atom is 0.254 e. The summed E-state index contributed by atoms with van der Waals surface area (Å²) in [6, 6.07) is 10.1. The van der Waals surface area contributed by atoms with E-state index in [1.807, 2.05) is 24.3 Å². The van der Waals surface area contributed by atoms with Crippen molar-refractivity contribution >= 4 is 34.2 Å². The highest BCUT2D eigenvalue weighted by atomic mass is 16.2. The number of amides is 2. The number of carbonyl (C=O) groups is 3. The Morgan fingerprint density at radius 1 is 1.17 bits per heavy atom. The van der Waals surface area contributed by atoms with Gasteiger partial charge in [0.05, 0.1) is 5.52 Å². The van der Waals surface area contributed by atoms with Gasteiger partial charge in [-0.15, -0.1) is 0 Å². The molecule has 2 aliphatic rings. The Morgan fingerprint density at radius 2 is 1.96 bits per heavy atom. The van der Waals surface area contributed by atoms with Crippen molar-refractivity contribution in [3.8, 4) is 0 Å². The van der Waals surface area contributed by atoms with Crippen LogP contribution in [0.3, 0.4) is 0 Å². The number of nitrogens with one attached hydrogen (secondary N) is 1. The molecule has 2 aromatic rings. The maximum atomic E-state index is 12.8. The first-order chi connectivity index (χ1) is 11.6. The number of para-hydroxylation sites is 1. The maximum absolute atomic E-state index is 12.8. The zero-order valence-electron chi connectivity index (χ0n) is 12.9. The summed E-state index contributed by atoms with van der Waals surface area (Å²) in [5.74, 6) is -2.02. The van der Waals surface area contributed by atoms with Gasteiger partial charge in [0.2, 0.25) is 11.7 Å². The molecule has 120 valence electrons. The molecule has 2 aliphatic heterocycles. The fourth-order valence-electron chi connectivity index (χ4n) is 3.17. The highest BCUT2D eigenvalue weighted by Crippen LogP contribution is 2.27. The Hall–Kier alpha value is -3.09.